The summed E-state index contributed by atoms with van der Waals surface area (Å²) < 4.78 is 1.75. The van der Waals surface area contributed by atoms with Crippen molar-refractivity contribution in [3.63, 3.8) is 0 Å². The van der Waals surface area contributed by atoms with Crippen molar-refractivity contribution >= 4 is 0 Å². The molecule has 0 atom stereocenters. The first-order valence-corrected chi connectivity index (χ1v) is 4.84. The van der Waals surface area contributed by atoms with Gasteiger partial charge in [-0.3, -0.25) is 9.67 Å². The van der Waals surface area contributed by atoms with Gasteiger partial charge < -0.3 is 0 Å². The van der Waals surface area contributed by atoms with Crippen molar-refractivity contribution < 1.29 is 0 Å². The SMILES string of the molecule is [N-]=[N+]=NCCn1cc(-c2cccnc2)cn1. The molecule has 80 valence electrons. The highest BCUT2D eigenvalue weighted by molar-refractivity contribution is 5.60. The van der Waals surface area contributed by atoms with Crippen LogP contribution in [-0.2, 0) is 6.54 Å². The van der Waals surface area contributed by atoms with E-state index in [4.69, 9.17) is 5.53 Å². The molecule has 6 nitrogen and oxygen atoms in total. The van der Waals surface area contributed by atoms with E-state index in [1.807, 2.05) is 18.3 Å². The average molecular weight is 214 g/mol. The van der Waals surface area contributed by atoms with E-state index in [1.54, 1.807) is 23.3 Å². The fraction of sp³-hybridized carbons (Fsp3) is 0.200. The van der Waals surface area contributed by atoms with E-state index >= 15 is 0 Å². The molecule has 0 aromatic carbocycles. The van der Waals surface area contributed by atoms with E-state index in [-0.39, 0.29) is 0 Å². The summed E-state index contributed by atoms with van der Waals surface area (Å²) in [6, 6.07) is 3.86. The number of hydrogen-bond acceptors (Lipinski definition) is 3. The number of nitrogens with zero attached hydrogens (tertiary/aromatic N) is 6. The zero-order valence-electron chi connectivity index (χ0n) is 8.56. The van der Waals surface area contributed by atoms with E-state index < -0.39 is 0 Å². The molecule has 0 saturated carbocycles. The Balaban J connectivity index is 2.11. The molecule has 0 aliphatic carbocycles. The highest BCUT2D eigenvalue weighted by atomic mass is 15.3. The Morgan fingerprint density at radius 2 is 2.31 bits per heavy atom. The fourth-order valence-electron chi connectivity index (χ4n) is 1.36. The lowest BCUT2D eigenvalue weighted by molar-refractivity contribution is 0.624. The van der Waals surface area contributed by atoms with Crippen LogP contribution in [-0.4, -0.2) is 21.3 Å². The molecule has 0 spiro atoms. The molecule has 0 fully saturated rings. The summed E-state index contributed by atoms with van der Waals surface area (Å²) in [6.07, 6.45) is 7.20. The largest absolute Gasteiger partial charge is 0.272 e. The van der Waals surface area contributed by atoms with Crippen molar-refractivity contribution in [1.82, 2.24) is 14.8 Å². The molecule has 0 N–H and O–H groups in total. The van der Waals surface area contributed by atoms with E-state index in [0.29, 0.717) is 13.1 Å². The Morgan fingerprint density at radius 1 is 1.38 bits per heavy atom. The first-order valence-electron chi connectivity index (χ1n) is 4.84. The Morgan fingerprint density at radius 3 is 3.06 bits per heavy atom. The first-order chi connectivity index (χ1) is 7.90. The van der Waals surface area contributed by atoms with Crippen LogP contribution >= 0.6 is 0 Å². The third kappa shape index (κ3) is 2.37. The number of pyridine rings is 1. The third-order valence-corrected chi connectivity index (χ3v) is 2.12. The predicted molar refractivity (Wildman–Crippen MR) is 59.5 cm³/mol. The minimum Gasteiger partial charge on any atom is -0.272 e. The second-order valence-electron chi connectivity index (χ2n) is 3.19. The molecule has 2 aromatic heterocycles. The molecule has 0 aliphatic rings. The fourth-order valence-corrected chi connectivity index (χ4v) is 1.36. The second kappa shape index (κ2) is 4.95. The van der Waals surface area contributed by atoms with E-state index in [9.17, 15) is 0 Å². The third-order valence-electron chi connectivity index (χ3n) is 2.12. The van der Waals surface area contributed by atoms with Crippen LogP contribution in [0.1, 0.15) is 0 Å². The monoisotopic (exact) mass is 214 g/mol. The molecule has 2 aromatic rings. The zero-order chi connectivity index (χ0) is 11.2. The molecule has 0 amide bonds. The van der Waals surface area contributed by atoms with E-state index in [0.717, 1.165) is 11.1 Å². The summed E-state index contributed by atoms with van der Waals surface area (Å²) in [5.41, 5.74) is 10.2. The Bertz CT molecular complexity index is 497. The lowest BCUT2D eigenvalue weighted by Crippen LogP contribution is -2.00. The summed E-state index contributed by atoms with van der Waals surface area (Å²) in [7, 11) is 0. The van der Waals surface area contributed by atoms with E-state index in [2.05, 4.69) is 20.1 Å². The maximum Gasteiger partial charge on any atom is 0.0568 e. The molecule has 2 heterocycles. The minimum atomic E-state index is 0.407. The molecule has 0 saturated heterocycles. The quantitative estimate of drug-likeness (QED) is 0.444. The van der Waals surface area contributed by atoms with Gasteiger partial charge in [-0.25, -0.2) is 0 Å². The highest BCUT2D eigenvalue weighted by Gasteiger charge is 2.00. The van der Waals surface area contributed by atoms with Crippen molar-refractivity contribution in [1.29, 1.82) is 0 Å². The van der Waals surface area contributed by atoms with Crippen LogP contribution in [0.2, 0.25) is 0 Å². The Kier molecular flexibility index (Phi) is 3.15. The van der Waals surface area contributed by atoms with Crippen molar-refractivity contribution in [3.8, 4) is 11.1 Å². The molecule has 0 radical (unpaired) electrons. The average Bonchev–Trinajstić information content (AvgIpc) is 2.79. The highest BCUT2D eigenvalue weighted by Crippen LogP contribution is 2.16. The first kappa shape index (κ1) is 10.2. The molecule has 0 unspecified atom stereocenters. The van der Waals surface area contributed by atoms with Crippen LogP contribution in [0.25, 0.3) is 21.6 Å². The van der Waals surface area contributed by atoms with Crippen LogP contribution in [0, 0.1) is 0 Å². The van der Waals surface area contributed by atoms with Gasteiger partial charge in [-0.2, -0.15) is 5.10 Å². The van der Waals surface area contributed by atoms with Gasteiger partial charge in [0.2, 0.25) is 0 Å². The van der Waals surface area contributed by atoms with Gasteiger partial charge in [0.25, 0.3) is 0 Å². The molecule has 16 heavy (non-hydrogen) atoms. The number of aromatic nitrogens is 3. The zero-order valence-corrected chi connectivity index (χ0v) is 8.56. The van der Waals surface area contributed by atoms with Gasteiger partial charge in [-0.05, 0) is 11.6 Å². The van der Waals surface area contributed by atoms with Crippen LogP contribution in [0.4, 0.5) is 0 Å². The summed E-state index contributed by atoms with van der Waals surface area (Å²) in [6.45, 7) is 0.995. The van der Waals surface area contributed by atoms with Crippen molar-refractivity contribution in [2.45, 2.75) is 6.54 Å². The molecule has 0 bridgehead atoms. The smallest absolute Gasteiger partial charge is 0.0568 e. The number of azide groups is 1. The van der Waals surface area contributed by atoms with Gasteiger partial charge in [0.05, 0.1) is 6.20 Å². The standard InChI is InChI=1S/C10H10N6/c11-15-13-4-5-16-8-10(7-14-16)9-2-1-3-12-6-9/h1-3,6-8H,4-5H2. The van der Waals surface area contributed by atoms with E-state index in [1.165, 1.54) is 0 Å². The molecular formula is C10H10N6. The molecule has 0 aliphatic heterocycles. The van der Waals surface area contributed by atoms with Crippen molar-refractivity contribution in [2.24, 2.45) is 5.11 Å². The van der Waals surface area contributed by atoms with Crippen LogP contribution in [0.5, 0.6) is 0 Å². The molecule has 2 rings (SSSR count). The lowest BCUT2D eigenvalue weighted by Gasteiger charge is -1.96. The van der Waals surface area contributed by atoms with Gasteiger partial charge in [-0.1, -0.05) is 11.2 Å². The van der Waals surface area contributed by atoms with Crippen LogP contribution < -0.4 is 0 Å². The van der Waals surface area contributed by atoms with Gasteiger partial charge >= 0.3 is 0 Å². The summed E-state index contributed by atoms with van der Waals surface area (Å²) in [4.78, 5) is 6.73. The summed E-state index contributed by atoms with van der Waals surface area (Å²) in [5.74, 6) is 0. The number of rotatable bonds is 4. The Labute approximate surface area is 92.2 Å². The van der Waals surface area contributed by atoms with Gasteiger partial charge in [0.1, 0.15) is 0 Å². The summed E-state index contributed by atoms with van der Waals surface area (Å²) in [5, 5.41) is 7.63. The second-order valence-corrected chi connectivity index (χ2v) is 3.19. The normalized spacial score (nSPS) is 9.75. The van der Waals surface area contributed by atoms with Crippen LogP contribution in [0.15, 0.2) is 42.0 Å². The van der Waals surface area contributed by atoms with Gasteiger partial charge in [-0.15, -0.1) is 0 Å². The minimum absolute atomic E-state index is 0.407. The van der Waals surface area contributed by atoms with Crippen molar-refractivity contribution in [3.05, 3.63) is 47.4 Å². The predicted octanol–water partition coefficient (Wildman–Crippen LogP) is 2.26. The van der Waals surface area contributed by atoms with Gasteiger partial charge in [0.15, 0.2) is 0 Å². The maximum atomic E-state index is 8.15. The van der Waals surface area contributed by atoms with Crippen molar-refractivity contribution in [2.75, 3.05) is 6.54 Å². The molecule has 6 heteroatoms. The lowest BCUT2D eigenvalue weighted by atomic mass is 10.2. The summed E-state index contributed by atoms with van der Waals surface area (Å²) >= 11 is 0. The van der Waals surface area contributed by atoms with Gasteiger partial charge in [0, 0.05) is 47.7 Å². The number of hydrogen-bond donors (Lipinski definition) is 0. The Hall–Kier alpha value is -2.33. The maximum absolute atomic E-state index is 8.15. The molecular weight excluding hydrogens is 204 g/mol. The van der Waals surface area contributed by atoms with Crippen LogP contribution in [0.3, 0.4) is 0 Å². The topological polar surface area (TPSA) is 79.5 Å².